The van der Waals surface area contributed by atoms with Crippen molar-refractivity contribution >= 4 is 19.2 Å². The molecule has 2 aromatic carbocycles. The van der Waals surface area contributed by atoms with Crippen molar-refractivity contribution < 1.29 is 0 Å². The molecule has 136 valence electrons. The third-order valence-corrected chi connectivity index (χ3v) is 6.37. The summed E-state index contributed by atoms with van der Waals surface area (Å²) in [6, 6.07) is 17.8. The average molecular weight is 356 g/mol. The summed E-state index contributed by atoms with van der Waals surface area (Å²) in [5, 5.41) is 2.97. The molecule has 0 bridgehead atoms. The Labute approximate surface area is 156 Å². The van der Waals surface area contributed by atoms with Crippen molar-refractivity contribution in [3.8, 4) is 0 Å². The molecule has 0 saturated heterocycles. The van der Waals surface area contributed by atoms with Crippen LogP contribution in [0, 0.1) is 0 Å². The van der Waals surface area contributed by atoms with Gasteiger partial charge in [-0.25, -0.2) is 0 Å². The molecule has 2 rings (SSSR count). The molecule has 0 aliphatic carbocycles. The summed E-state index contributed by atoms with van der Waals surface area (Å²) >= 11 is 0. The van der Waals surface area contributed by atoms with Gasteiger partial charge in [-0.05, 0) is 47.9 Å². The molecule has 1 atom stereocenters. The third-order valence-electron chi connectivity index (χ3n) is 4.86. The Kier molecular flexibility index (Phi) is 8.61. The van der Waals surface area contributed by atoms with Crippen molar-refractivity contribution in [2.75, 3.05) is 26.2 Å². The lowest BCUT2D eigenvalue weighted by Gasteiger charge is -2.24. The van der Waals surface area contributed by atoms with E-state index in [1.54, 1.807) is 5.30 Å². The van der Waals surface area contributed by atoms with E-state index < -0.39 is 0 Å². The number of hydrogen-bond donors (Lipinski definition) is 0. The summed E-state index contributed by atoms with van der Waals surface area (Å²) in [5.74, 6) is 0. The first-order valence-corrected chi connectivity index (χ1v) is 10.6. The van der Waals surface area contributed by atoms with Crippen LogP contribution in [0.25, 0.3) is 0 Å². The molecule has 3 heteroatoms. The molecule has 0 spiro atoms. The van der Waals surface area contributed by atoms with Gasteiger partial charge in [0, 0.05) is 13.1 Å². The Hall–Kier alpha value is -1.21. The SMILES string of the molecule is CCN(CC)Cc1cccc(CN(CC)CC)c1Pc1ccccc1. The van der Waals surface area contributed by atoms with E-state index >= 15 is 0 Å². The van der Waals surface area contributed by atoms with E-state index in [1.165, 1.54) is 16.4 Å². The fraction of sp³-hybridized carbons (Fsp3) is 0.455. The monoisotopic (exact) mass is 356 g/mol. The molecule has 0 radical (unpaired) electrons. The minimum atomic E-state index is 0.726. The van der Waals surface area contributed by atoms with Crippen molar-refractivity contribution in [2.24, 2.45) is 0 Å². The van der Waals surface area contributed by atoms with Crippen molar-refractivity contribution in [1.29, 1.82) is 0 Å². The molecular formula is C22H33N2P. The molecule has 0 aromatic heterocycles. The maximum Gasteiger partial charge on any atom is 0.0239 e. The lowest BCUT2D eigenvalue weighted by Crippen LogP contribution is -2.29. The van der Waals surface area contributed by atoms with Gasteiger partial charge in [0.15, 0.2) is 0 Å². The Balaban J connectivity index is 2.36. The van der Waals surface area contributed by atoms with E-state index in [-0.39, 0.29) is 0 Å². The molecule has 0 aliphatic rings. The van der Waals surface area contributed by atoms with Gasteiger partial charge in [-0.15, -0.1) is 0 Å². The summed E-state index contributed by atoms with van der Waals surface area (Å²) in [5.41, 5.74) is 2.99. The van der Waals surface area contributed by atoms with Crippen LogP contribution in [0.15, 0.2) is 48.5 Å². The standard InChI is InChI=1S/C22H33N2P/c1-5-23(6-2)17-19-13-12-14-20(18-24(7-3)8-4)22(19)25-21-15-10-9-11-16-21/h9-16,25H,5-8,17-18H2,1-4H3. The van der Waals surface area contributed by atoms with Gasteiger partial charge in [-0.2, -0.15) is 0 Å². The van der Waals surface area contributed by atoms with Crippen molar-refractivity contribution in [3.05, 3.63) is 59.7 Å². The second-order valence-corrected chi connectivity index (χ2v) is 7.69. The molecular weight excluding hydrogens is 323 g/mol. The van der Waals surface area contributed by atoms with Crippen LogP contribution in [0.1, 0.15) is 38.8 Å². The van der Waals surface area contributed by atoms with Crippen molar-refractivity contribution in [2.45, 2.75) is 40.8 Å². The molecule has 0 N–H and O–H groups in total. The average Bonchev–Trinajstić information content (AvgIpc) is 2.66. The Morgan fingerprint density at radius 1 is 0.640 bits per heavy atom. The molecule has 1 unspecified atom stereocenters. The lowest BCUT2D eigenvalue weighted by molar-refractivity contribution is 0.292. The van der Waals surface area contributed by atoms with Crippen LogP contribution in [-0.2, 0) is 13.1 Å². The molecule has 0 heterocycles. The van der Waals surface area contributed by atoms with Crippen molar-refractivity contribution in [1.82, 2.24) is 9.80 Å². The van der Waals surface area contributed by atoms with Gasteiger partial charge < -0.3 is 0 Å². The predicted molar refractivity (Wildman–Crippen MR) is 114 cm³/mol. The van der Waals surface area contributed by atoms with Gasteiger partial charge in [-0.3, -0.25) is 9.80 Å². The molecule has 0 aliphatic heterocycles. The van der Waals surface area contributed by atoms with Gasteiger partial charge in [0.25, 0.3) is 0 Å². The minimum Gasteiger partial charge on any atom is -0.300 e. The zero-order valence-electron chi connectivity index (χ0n) is 16.3. The van der Waals surface area contributed by atoms with Gasteiger partial charge in [-0.1, -0.05) is 84.8 Å². The second kappa shape index (κ2) is 10.7. The highest BCUT2D eigenvalue weighted by atomic mass is 31.1. The van der Waals surface area contributed by atoms with Gasteiger partial charge >= 0.3 is 0 Å². The highest BCUT2D eigenvalue weighted by Gasteiger charge is 2.13. The Morgan fingerprint density at radius 2 is 1.12 bits per heavy atom. The number of hydrogen-bond acceptors (Lipinski definition) is 2. The van der Waals surface area contributed by atoms with E-state index in [9.17, 15) is 0 Å². The maximum absolute atomic E-state index is 2.51. The van der Waals surface area contributed by atoms with E-state index in [0.29, 0.717) is 0 Å². The molecule has 0 fully saturated rings. The summed E-state index contributed by atoms with van der Waals surface area (Å²) in [6.07, 6.45) is 0. The quantitative estimate of drug-likeness (QED) is 0.594. The molecule has 2 aromatic rings. The molecule has 2 nitrogen and oxygen atoms in total. The number of rotatable bonds is 10. The maximum atomic E-state index is 2.51. The lowest BCUT2D eigenvalue weighted by atomic mass is 10.1. The second-order valence-electron chi connectivity index (χ2n) is 6.37. The van der Waals surface area contributed by atoms with Crippen molar-refractivity contribution in [3.63, 3.8) is 0 Å². The van der Waals surface area contributed by atoms with E-state index in [4.69, 9.17) is 0 Å². The zero-order valence-corrected chi connectivity index (χ0v) is 17.3. The Morgan fingerprint density at radius 3 is 1.56 bits per heavy atom. The normalized spacial score (nSPS) is 11.9. The third kappa shape index (κ3) is 5.92. The highest BCUT2D eigenvalue weighted by molar-refractivity contribution is 7.55. The smallest absolute Gasteiger partial charge is 0.0239 e. The van der Waals surface area contributed by atoms with Crippen LogP contribution in [-0.4, -0.2) is 36.0 Å². The van der Waals surface area contributed by atoms with E-state index in [2.05, 4.69) is 86.0 Å². The molecule has 0 amide bonds. The minimum absolute atomic E-state index is 0.726. The van der Waals surface area contributed by atoms with E-state index in [1.807, 2.05) is 0 Å². The summed E-state index contributed by atoms with van der Waals surface area (Å²) in [4.78, 5) is 5.02. The zero-order chi connectivity index (χ0) is 18.1. The number of nitrogens with zero attached hydrogens (tertiary/aromatic N) is 2. The highest BCUT2D eigenvalue weighted by Crippen LogP contribution is 2.20. The summed E-state index contributed by atoms with van der Waals surface area (Å²) < 4.78 is 0. The first-order chi connectivity index (χ1) is 12.2. The van der Waals surface area contributed by atoms with Crippen LogP contribution < -0.4 is 10.6 Å². The van der Waals surface area contributed by atoms with Crippen LogP contribution in [0.2, 0.25) is 0 Å². The summed E-state index contributed by atoms with van der Waals surface area (Å²) in [6.45, 7) is 15.5. The first-order valence-electron chi connectivity index (χ1n) is 9.59. The molecule has 0 saturated carbocycles. The van der Waals surface area contributed by atoms with Crippen LogP contribution in [0.5, 0.6) is 0 Å². The fourth-order valence-electron chi connectivity index (χ4n) is 3.12. The predicted octanol–water partition coefficient (Wildman–Crippen LogP) is 4.00. The first kappa shape index (κ1) is 20.1. The van der Waals surface area contributed by atoms with E-state index in [0.717, 1.165) is 47.8 Å². The summed E-state index contributed by atoms with van der Waals surface area (Å²) in [7, 11) is 0.726. The van der Waals surface area contributed by atoms with Gasteiger partial charge in [0.05, 0.1) is 0 Å². The largest absolute Gasteiger partial charge is 0.300 e. The molecule has 25 heavy (non-hydrogen) atoms. The number of benzene rings is 2. The van der Waals surface area contributed by atoms with Crippen LogP contribution in [0.4, 0.5) is 0 Å². The van der Waals surface area contributed by atoms with Gasteiger partial charge in [0.2, 0.25) is 0 Å². The van der Waals surface area contributed by atoms with Crippen LogP contribution >= 0.6 is 8.58 Å². The Bertz CT molecular complexity index is 587. The topological polar surface area (TPSA) is 6.48 Å². The van der Waals surface area contributed by atoms with Gasteiger partial charge in [0.1, 0.15) is 0 Å². The fourth-order valence-corrected chi connectivity index (χ4v) is 4.41. The van der Waals surface area contributed by atoms with Crippen LogP contribution in [0.3, 0.4) is 0 Å².